The van der Waals surface area contributed by atoms with Crippen LogP contribution in [0.1, 0.15) is 0 Å². The molecule has 16 heavy (non-hydrogen) atoms. The molecule has 5 heteroatoms. The summed E-state index contributed by atoms with van der Waals surface area (Å²) in [4.78, 5) is 2.30. The largest absolute Gasteiger partial charge is 0.378 e. The Labute approximate surface area is 95.7 Å². The lowest BCUT2D eigenvalue weighted by atomic mass is 10.2. The van der Waals surface area contributed by atoms with Crippen molar-refractivity contribution < 1.29 is 13.2 Å². The molecule has 2 rings (SSSR count). The number of rotatable bonds is 2. The van der Waals surface area contributed by atoms with E-state index < -0.39 is 9.84 Å². The van der Waals surface area contributed by atoms with Crippen LogP contribution in [-0.2, 0) is 14.6 Å². The Balaban J connectivity index is 2.40. The van der Waals surface area contributed by atoms with Gasteiger partial charge in [-0.1, -0.05) is 12.1 Å². The maximum absolute atomic E-state index is 11.5. The van der Waals surface area contributed by atoms with Gasteiger partial charge in [0.1, 0.15) is 0 Å². The van der Waals surface area contributed by atoms with E-state index in [0.717, 1.165) is 5.69 Å². The van der Waals surface area contributed by atoms with Crippen LogP contribution in [0.4, 0.5) is 5.69 Å². The predicted octanol–water partition coefficient (Wildman–Crippen LogP) is 1.09. The molecule has 4 nitrogen and oxygen atoms in total. The van der Waals surface area contributed by atoms with E-state index in [1.165, 1.54) is 0 Å². The highest BCUT2D eigenvalue weighted by atomic mass is 32.2. The fraction of sp³-hybridized carbons (Fsp3) is 0.364. The van der Waals surface area contributed by atoms with Crippen LogP contribution in [0.2, 0.25) is 0 Å². The zero-order valence-electron chi connectivity index (χ0n) is 8.93. The Morgan fingerprint density at radius 1 is 1.19 bits per heavy atom. The van der Waals surface area contributed by atoms with Crippen molar-refractivity contribution in [1.29, 1.82) is 0 Å². The Morgan fingerprint density at radius 3 is 2.44 bits per heavy atom. The average molecular weight is 240 g/mol. The molecule has 0 atom stereocenters. The number of para-hydroxylation sites is 1. The van der Waals surface area contributed by atoms with Gasteiger partial charge in [-0.15, -0.1) is 0 Å². The minimum atomic E-state index is -3.42. The molecular formula is C11H14NO3S. The lowest BCUT2D eigenvalue weighted by molar-refractivity contribution is 0.122. The summed E-state index contributed by atoms with van der Waals surface area (Å²) in [6.07, 6.45) is 3.21. The minimum Gasteiger partial charge on any atom is -0.378 e. The summed E-state index contributed by atoms with van der Waals surface area (Å²) in [5.41, 5.74) is 0.723. The number of anilines is 1. The van der Waals surface area contributed by atoms with E-state index in [2.05, 4.69) is 6.26 Å². The van der Waals surface area contributed by atoms with Crippen LogP contribution < -0.4 is 4.90 Å². The first-order chi connectivity index (χ1) is 7.59. The normalized spacial score (nSPS) is 17.4. The number of morpholine rings is 1. The summed E-state index contributed by atoms with van der Waals surface area (Å²) in [5.74, 6) is 0. The Morgan fingerprint density at radius 2 is 1.81 bits per heavy atom. The van der Waals surface area contributed by atoms with E-state index in [1.54, 1.807) is 12.1 Å². The SMILES string of the molecule is [CH2]S(=O)(=O)c1ccccc1N1CCOCC1. The first-order valence-electron chi connectivity index (χ1n) is 5.09. The van der Waals surface area contributed by atoms with Crippen molar-refractivity contribution in [3.8, 4) is 0 Å². The highest BCUT2D eigenvalue weighted by Gasteiger charge is 2.19. The first-order valence-corrected chi connectivity index (χ1v) is 6.74. The molecular weight excluding hydrogens is 226 g/mol. The van der Waals surface area contributed by atoms with E-state index in [4.69, 9.17) is 4.74 Å². The predicted molar refractivity (Wildman–Crippen MR) is 62.0 cm³/mol. The van der Waals surface area contributed by atoms with Gasteiger partial charge in [0, 0.05) is 13.1 Å². The summed E-state index contributed by atoms with van der Waals surface area (Å²) >= 11 is 0. The van der Waals surface area contributed by atoms with Gasteiger partial charge in [0.05, 0.1) is 30.1 Å². The number of ether oxygens (including phenoxy) is 1. The summed E-state index contributed by atoms with van der Waals surface area (Å²) in [5, 5.41) is 0. The van der Waals surface area contributed by atoms with Crippen molar-refractivity contribution in [3.63, 3.8) is 0 Å². The maximum Gasteiger partial charge on any atom is 0.181 e. The fourth-order valence-electron chi connectivity index (χ4n) is 1.79. The fourth-order valence-corrected chi connectivity index (χ4v) is 2.59. The number of benzene rings is 1. The van der Waals surface area contributed by atoms with Crippen molar-refractivity contribution in [2.45, 2.75) is 4.90 Å². The number of sulfone groups is 1. The highest BCUT2D eigenvalue weighted by Crippen LogP contribution is 2.25. The van der Waals surface area contributed by atoms with Crippen LogP contribution >= 0.6 is 0 Å². The van der Waals surface area contributed by atoms with Crippen molar-refractivity contribution in [2.24, 2.45) is 0 Å². The number of hydrogen-bond donors (Lipinski definition) is 0. The second-order valence-corrected chi connectivity index (χ2v) is 5.35. The average Bonchev–Trinajstić information content (AvgIpc) is 2.29. The summed E-state index contributed by atoms with van der Waals surface area (Å²) in [7, 11) is -3.42. The van der Waals surface area contributed by atoms with Crippen LogP contribution in [0.15, 0.2) is 29.2 Å². The molecule has 1 radical (unpaired) electrons. The quantitative estimate of drug-likeness (QED) is 0.776. The molecule has 0 bridgehead atoms. The molecule has 1 aliphatic rings. The second-order valence-electron chi connectivity index (χ2n) is 3.68. The maximum atomic E-state index is 11.5. The summed E-state index contributed by atoms with van der Waals surface area (Å²) < 4.78 is 28.3. The van der Waals surface area contributed by atoms with E-state index in [1.807, 2.05) is 17.0 Å². The van der Waals surface area contributed by atoms with Gasteiger partial charge in [-0.05, 0) is 12.1 Å². The third-order valence-electron chi connectivity index (χ3n) is 2.55. The van der Waals surface area contributed by atoms with E-state index in [-0.39, 0.29) is 4.90 Å². The standard InChI is InChI=1S/C11H14NO3S/c1-16(13,14)11-5-3-2-4-10(11)12-6-8-15-9-7-12/h2-5H,1,6-9H2. The smallest absolute Gasteiger partial charge is 0.181 e. The topological polar surface area (TPSA) is 46.6 Å². The van der Waals surface area contributed by atoms with Crippen LogP contribution in [-0.4, -0.2) is 34.7 Å². The van der Waals surface area contributed by atoms with Crippen molar-refractivity contribution in [3.05, 3.63) is 30.5 Å². The van der Waals surface area contributed by atoms with E-state index in [0.29, 0.717) is 26.3 Å². The highest BCUT2D eigenvalue weighted by molar-refractivity contribution is 7.92. The zero-order chi connectivity index (χ0) is 11.6. The molecule has 0 saturated carbocycles. The lowest BCUT2D eigenvalue weighted by Gasteiger charge is -2.30. The van der Waals surface area contributed by atoms with Gasteiger partial charge in [0.2, 0.25) is 0 Å². The third-order valence-corrected chi connectivity index (χ3v) is 3.57. The first kappa shape index (κ1) is 11.4. The monoisotopic (exact) mass is 240 g/mol. The Bertz CT molecular complexity index is 464. The van der Waals surface area contributed by atoms with Gasteiger partial charge in [-0.25, -0.2) is 8.42 Å². The molecule has 1 heterocycles. The van der Waals surface area contributed by atoms with Crippen molar-refractivity contribution >= 4 is 15.5 Å². The minimum absolute atomic E-state index is 0.289. The molecule has 0 amide bonds. The molecule has 1 aliphatic heterocycles. The van der Waals surface area contributed by atoms with Crippen LogP contribution in [0.25, 0.3) is 0 Å². The van der Waals surface area contributed by atoms with Crippen molar-refractivity contribution in [2.75, 3.05) is 31.2 Å². The second kappa shape index (κ2) is 4.43. The molecule has 1 saturated heterocycles. The van der Waals surface area contributed by atoms with Gasteiger partial charge in [0.15, 0.2) is 9.84 Å². The molecule has 87 valence electrons. The van der Waals surface area contributed by atoms with Gasteiger partial charge >= 0.3 is 0 Å². The Kier molecular flexibility index (Phi) is 3.16. The zero-order valence-corrected chi connectivity index (χ0v) is 9.74. The Hall–Kier alpha value is -1.07. The molecule has 0 aliphatic carbocycles. The van der Waals surface area contributed by atoms with Crippen molar-refractivity contribution in [1.82, 2.24) is 0 Å². The molecule has 1 aromatic carbocycles. The molecule has 1 aromatic rings. The van der Waals surface area contributed by atoms with Gasteiger partial charge in [-0.3, -0.25) is 0 Å². The van der Waals surface area contributed by atoms with Crippen LogP contribution in [0.3, 0.4) is 0 Å². The molecule has 1 fully saturated rings. The molecule has 0 unspecified atom stereocenters. The van der Waals surface area contributed by atoms with Crippen LogP contribution in [0.5, 0.6) is 0 Å². The van der Waals surface area contributed by atoms with Gasteiger partial charge < -0.3 is 9.64 Å². The molecule has 0 N–H and O–H groups in total. The summed E-state index contributed by atoms with van der Waals surface area (Å²) in [6.45, 7) is 2.69. The lowest BCUT2D eigenvalue weighted by Crippen LogP contribution is -2.36. The molecule has 0 aromatic heterocycles. The summed E-state index contributed by atoms with van der Waals surface area (Å²) in [6, 6.07) is 6.94. The number of nitrogens with zero attached hydrogens (tertiary/aromatic N) is 1. The van der Waals surface area contributed by atoms with E-state index in [9.17, 15) is 8.42 Å². The van der Waals surface area contributed by atoms with Gasteiger partial charge in [-0.2, -0.15) is 0 Å². The van der Waals surface area contributed by atoms with E-state index >= 15 is 0 Å². The molecule has 0 spiro atoms. The van der Waals surface area contributed by atoms with Gasteiger partial charge in [0.25, 0.3) is 0 Å². The number of hydrogen-bond acceptors (Lipinski definition) is 4. The van der Waals surface area contributed by atoms with Crippen LogP contribution in [0, 0.1) is 6.26 Å². The third kappa shape index (κ3) is 2.36.